The van der Waals surface area contributed by atoms with E-state index in [4.69, 9.17) is 0 Å². The molecule has 3 atom stereocenters. The van der Waals surface area contributed by atoms with Crippen LogP contribution in [0.25, 0.3) is 0 Å². The van der Waals surface area contributed by atoms with Crippen molar-refractivity contribution < 1.29 is 14.7 Å². The van der Waals surface area contributed by atoms with Crippen LogP contribution in [0.2, 0.25) is 0 Å². The zero-order chi connectivity index (χ0) is 15.2. The van der Waals surface area contributed by atoms with Gasteiger partial charge in [-0.1, -0.05) is 12.2 Å². The van der Waals surface area contributed by atoms with Gasteiger partial charge in [-0.2, -0.15) is 0 Å². The highest BCUT2D eigenvalue weighted by atomic mass is 15.1. The molecule has 2 bridgehead atoms. The average molecular weight is 297 g/mol. The van der Waals surface area contributed by atoms with Gasteiger partial charge in [-0.15, -0.1) is 0 Å². The normalized spacial score (nSPS) is 27.7. The van der Waals surface area contributed by atoms with Gasteiger partial charge < -0.3 is 14.7 Å². The highest BCUT2D eigenvalue weighted by Gasteiger charge is 2.37. The van der Waals surface area contributed by atoms with E-state index in [1.807, 2.05) is 4.90 Å². The fourth-order valence-electron chi connectivity index (χ4n) is 4.21. The summed E-state index contributed by atoms with van der Waals surface area (Å²) in [7, 11) is 9.09. The van der Waals surface area contributed by atoms with E-state index >= 15 is 0 Å². The first-order chi connectivity index (χ1) is 10.0. The number of nitrogens with one attached hydrogen (secondary N) is 3. The Kier molecular flexibility index (Phi) is 6.72. The summed E-state index contributed by atoms with van der Waals surface area (Å²) in [4.78, 5) is 5.06. The molecule has 0 amide bonds. The summed E-state index contributed by atoms with van der Waals surface area (Å²) < 4.78 is 0. The summed E-state index contributed by atoms with van der Waals surface area (Å²) in [5, 5.41) is 0. The first kappa shape index (κ1) is 17.0. The van der Waals surface area contributed by atoms with Crippen LogP contribution in [0.4, 0.5) is 0 Å². The van der Waals surface area contributed by atoms with E-state index in [0.29, 0.717) is 0 Å². The lowest BCUT2D eigenvalue weighted by Crippen LogP contribution is -3.14. The van der Waals surface area contributed by atoms with Crippen LogP contribution in [0.15, 0.2) is 12.2 Å². The Morgan fingerprint density at radius 3 is 1.86 bits per heavy atom. The molecule has 122 valence electrons. The molecule has 21 heavy (non-hydrogen) atoms. The minimum Gasteiger partial charge on any atom is -0.340 e. The van der Waals surface area contributed by atoms with Crippen LogP contribution in [0.5, 0.6) is 0 Å². The first-order valence-corrected chi connectivity index (χ1v) is 9.14. The second-order valence-corrected chi connectivity index (χ2v) is 8.12. The SMILES string of the molecule is C[NH+](C)CCC[NH+](CCC[NH+](C)C)C[C@@H]1C[C@@H]2C=C[C@H]1C2. The molecule has 3 nitrogen and oxygen atoms in total. The van der Waals surface area contributed by atoms with E-state index in [2.05, 4.69) is 40.3 Å². The Morgan fingerprint density at radius 1 is 0.810 bits per heavy atom. The van der Waals surface area contributed by atoms with Crippen molar-refractivity contribution in [1.29, 1.82) is 0 Å². The molecule has 0 aromatic carbocycles. The van der Waals surface area contributed by atoms with Crippen molar-refractivity contribution in [2.45, 2.75) is 25.7 Å². The highest BCUT2D eigenvalue weighted by molar-refractivity contribution is 5.09. The zero-order valence-electron chi connectivity index (χ0n) is 14.8. The maximum Gasteiger partial charge on any atom is 0.0825 e. The molecular weight excluding hydrogens is 258 g/mol. The van der Waals surface area contributed by atoms with E-state index in [1.165, 1.54) is 58.4 Å². The fraction of sp³-hybridized carbons (Fsp3) is 0.889. The van der Waals surface area contributed by atoms with Crippen LogP contribution in [0.1, 0.15) is 25.7 Å². The van der Waals surface area contributed by atoms with Gasteiger partial charge in [0.15, 0.2) is 0 Å². The summed E-state index contributed by atoms with van der Waals surface area (Å²) in [5.74, 6) is 2.83. The first-order valence-electron chi connectivity index (χ1n) is 9.14. The predicted octanol–water partition coefficient (Wildman–Crippen LogP) is -1.85. The van der Waals surface area contributed by atoms with E-state index < -0.39 is 0 Å². The summed E-state index contributed by atoms with van der Waals surface area (Å²) in [5.41, 5.74) is 0. The number of rotatable bonds is 10. The number of quaternary nitrogens is 3. The quantitative estimate of drug-likeness (QED) is 0.392. The minimum absolute atomic E-state index is 0.920. The van der Waals surface area contributed by atoms with Crippen LogP contribution < -0.4 is 14.7 Å². The van der Waals surface area contributed by atoms with E-state index in [9.17, 15) is 0 Å². The lowest BCUT2D eigenvalue weighted by Gasteiger charge is -2.26. The molecule has 3 N–H and O–H groups in total. The van der Waals surface area contributed by atoms with Crippen molar-refractivity contribution >= 4 is 0 Å². The number of hydrogen-bond donors (Lipinski definition) is 3. The molecule has 0 aromatic rings. The Morgan fingerprint density at radius 2 is 1.43 bits per heavy atom. The van der Waals surface area contributed by atoms with Gasteiger partial charge in [-0.3, -0.25) is 0 Å². The molecule has 1 saturated carbocycles. The highest BCUT2D eigenvalue weighted by Crippen LogP contribution is 2.42. The number of hydrogen-bond acceptors (Lipinski definition) is 0. The molecule has 1 fully saturated rings. The third kappa shape index (κ3) is 5.72. The Hall–Kier alpha value is -0.380. The molecule has 0 heterocycles. The van der Waals surface area contributed by atoms with Crippen molar-refractivity contribution in [3.05, 3.63) is 12.2 Å². The molecule has 0 radical (unpaired) electrons. The molecule has 0 aliphatic heterocycles. The Balaban J connectivity index is 1.75. The lowest BCUT2D eigenvalue weighted by atomic mass is 9.93. The Labute approximate surface area is 132 Å². The van der Waals surface area contributed by atoms with Crippen molar-refractivity contribution in [2.24, 2.45) is 17.8 Å². The van der Waals surface area contributed by atoms with Gasteiger partial charge >= 0.3 is 0 Å². The third-order valence-electron chi connectivity index (χ3n) is 5.38. The second kappa shape index (κ2) is 8.30. The maximum absolute atomic E-state index is 2.52. The molecule has 0 aromatic heterocycles. The third-order valence-corrected chi connectivity index (χ3v) is 5.38. The van der Waals surface area contributed by atoms with Gasteiger partial charge in [0.1, 0.15) is 0 Å². The zero-order valence-corrected chi connectivity index (χ0v) is 14.8. The summed E-state index contributed by atoms with van der Waals surface area (Å²) in [6.07, 6.45) is 10.7. The predicted molar refractivity (Wildman–Crippen MR) is 89.0 cm³/mol. The van der Waals surface area contributed by atoms with Gasteiger partial charge in [0, 0.05) is 18.8 Å². The minimum atomic E-state index is 0.920. The van der Waals surface area contributed by atoms with Crippen molar-refractivity contribution in [2.75, 3.05) is 60.9 Å². The van der Waals surface area contributed by atoms with Crippen molar-refractivity contribution in [3.8, 4) is 0 Å². The van der Waals surface area contributed by atoms with Crippen LogP contribution in [-0.4, -0.2) is 60.9 Å². The van der Waals surface area contributed by atoms with Gasteiger partial charge in [0.2, 0.25) is 0 Å². The van der Waals surface area contributed by atoms with Gasteiger partial charge in [0.05, 0.1) is 60.9 Å². The average Bonchev–Trinajstić information content (AvgIpc) is 2.99. The second-order valence-electron chi connectivity index (χ2n) is 8.12. The van der Waals surface area contributed by atoms with Crippen LogP contribution in [0.3, 0.4) is 0 Å². The van der Waals surface area contributed by atoms with E-state index in [-0.39, 0.29) is 0 Å². The van der Waals surface area contributed by atoms with Gasteiger partial charge in [0.25, 0.3) is 0 Å². The topological polar surface area (TPSA) is 13.3 Å². The number of fused-ring (bicyclic) bond motifs is 2. The molecular formula is C18H38N3+3. The molecule has 0 spiro atoms. The van der Waals surface area contributed by atoms with Gasteiger partial charge in [-0.05, 0) is 24.7 Å². The number of allylic oxidation sites excluding steroid dienone is 2. The lowest BCUT2D eigenvalue weighted by molar-refractivity contribution is -0.917. The summed E-state index contributed by atoms with van der Waals surface area (Å²) in [6.45, 7) is 6.83. The monoisotopic (exact) mass is 296 g/mol. The van der Waals surface area contributed by atoms with Crippen LogP contribution in [0, 0.1) is 17.8 Å². The fourth-order valence-corrected chi connectivity index (χ4v) is 4.21. The van der Waals surface area contributed by atoms with E-state index in [0.717, 1.165) is 17.8 Å². The molecule has 2 aliphatic carbocycles. The van der Waals surface area contributed by atoms with Crippen LogP contribution in [-0.2, 0) is 0 Å². The molecule has 0 saturated heterocycles. The summed E-state index contributed by atoms with van der Waals surface area (Å²) >= 11 is 0. The molecule has 3 heteroatoms. The van der Waals surface area contributed by atoms with Crippen LogP contribution >= 0.6 is 0 Å². The molecule has 0 unspecified atom stereocenters. The van der Waals surface area contributed by atoms with E-state index in [1.54, 1.807) is 9.80 Å². The molecule has 2 aliphatic rings. The van der Waals surface area contributed by atoms with Gasteiger partial charge in [-0.25, -0.2) is 0 Å². The van der Waals surface area contributed by atoms with Crippen molar-refractivity contribution in [3.63, 3.8) is 0 Å². The Bertz CT molecular complexity index is 310. The van der Waals surface area contributed by atoms with Crippen molar-refractivity contribution in [1.82, 2.24) is 0 Å². The standard InChI is InChI=1S/C18H35N3/c1-19(2)9-5-11-21(12-6-10-20(3)4)15-18-14-16-7-8-17(18)13-16/h7-8,16-18H,5-6,9-15H2,1-4H3/p+3/t16-,17+,18+/m1/s1. The largest absolute Gasteiger partial charge is 0.340 e. The maximum atomic E-state index is 2.52. The summed E-state index contributed by atoms with van der Waals surface area (Å²) in [6, 6.07) is 0. The smallest absolute Gasteiger partial charge is 0.0825 e. The molecule has 2 rings (SSSR count).